The van der Waals surface area contributed by atoms with E-state index in [1.165, 1.54) is 0 Å². The van der Waals surface area contributed by atoms with E-state index in [0.717, 1.165) is 0 Å². The molecule has 8 heteroatoms. The molecule has 0 aliphatic heterocycles. The van der Waals surface area contributed by atoms with E-state index < -0.39 is 0 Å². The highest BCUT2D eigenvalue weighted by molar-refractivity contribution is 6.03. The highest BCUT2D eigenvalue weighted by Gasteiger charge is 2.10. The average Bonchev–Trinajstić information content (AvgIpc) is 2.76. The van der Waals surface area contributed by atoms with Crippen LogP contribution in [0, 0.1) is 0 Å². The average molecular weight is 425 g/mol. The minimum Gasteiger partial charge on any atom is -0.507 e. The monoisotopic (exact) mass is 424 g/mol. The van der Waals surface area contributed by atoms with Crippen molar-refractivity contribution in [1.82, 2.24) is 10.9 Å². The Morgan fingerprint density at radius 3 is 1.48 bits per heavy atom. The summed E-state index contributed by atoms with van der Waals surface area (Å²) >= 11 is 0. The molecule has 0 spiro atoms. The van der Waals surface area contributed by atoms with Crippen molar-refractivity contribution in [2.75, 3.05) is 0 Å². The Hall–Kier alpha value is -3.68. The predicted molar refractivity (Wildman–Crippen MR) is 120 cm³/mol. The van der Waals surface area contributed by atoms with Crippen molar-refractivity contribution in [3.63, 3.8) is 0 Å². The van der Waals surface area contributed by atoms with Crippen molar-refractivity contribution in [1.29, 1.82) is 0 Å². The molecule has 31 heavy (non-hydrogen) atoms. The zero-order valence-electron chi connectivity index (χ0n) is 17.8. The second kappa shape index (κ2) is 12.1. The molecule has 0 bridgehead atoms. The minimum atomic E-state index is -0.318. The summed E-state index contributed by atoms with van der Waals surface area (Å²) in [5.74, 6) is -0.433. The SMILES string of the molecule is CC/C(=N/NC(=O)CCCC(=O)N/N=C(/CC)c1ccccc1O)c1ccccc1O. The van der Waals surface area contributed by atoms with Gasteiger partial charge in [-0.05, 0) is 43.5 Å². The first-order valence-electron chi connectivity index (χ1n) is 10.2. The first-order valence-corrected chi connectivity index (χ1v) is 10.2. The van der Waals surface area contributed by atoms with Crippen LogP contribution in [0.5, 0.6) is 11.5 Å². The molecule has 0 unspecified atom stereocenters. The van der Waals surface area contributed by atoms with Gasteiger partial charge in [0, 0.05) is 24.0 Å². The number of rotatable bonds is 10. The number of benzene rings is 2. The largest absolute Gasteiger partial charge is 0.507 e. The normalized spacial score (nSPS) is 11.8. The summed E-state index contributed by atoms with van der Waals surface area (Å²) in [6.45, 7) is 3.75. The Morgan fingerprint density at radius 2 is 1.13 bits per heavy atom. The molecule has 0 fully saturated rings. The van der Waals surface area contributed by atoms with Gasteiger partial charge in [0.15, 0.2) is 0 Å². The van der Waals surface area contributed by atoms with Crippen LogP contribution in [0.1, 0.15) is 57.1 Å². The summed E-state index contributed by atoms with van der Waals surface area (Å²) in [5, 5.41) is 28.0. The minimum absolute atomic E-state index is 0.102. The molecular weight excluding hydrogens is 396 g/mol. The zero-order chi connectivity index (χ0) is 22.6. The first-order chi connectivity index (χ1) is 15.0. The molecule has 164 valence electrons. The maximum atomic E-state index is 12.0. The number of amides is 2. The fraction of sp³-hybridized carbons (Fsp3) is 0.304. The van der Waals surface area contributed by atoms with Crippen molar-refractivity contribution < 1.29 is 19.8 Å². The highest BCUT2D eigenvalue weighted by atomic mass is 16.3. The summed E-state index contributed by atoms with van der Waals surface area (Å²) in [7, 11) is 0. The molecule has 2 aromatic rings. The Bertz CT molecular complexity index is 892. The molecule has 0 radical (unpaired) electrons. The molecule has 0 saturated carbocycles. The third-order valence-electron chi connectivity index (χ3n) is 4.54. The van der Waals surface area contributed by atoms with Gasteiger partial charge in [-0.25, -0.2) is 10.9 Å². The quantitative estimate of drug-likeness (QED) is 0.345. The molecule has 0 heterocycles. The molecule has 0 aliphatic rings. The van der Waals surface area contributed by atoms with Gasteiger partial charge in [0.2, 0.25) is 11.8 Å². The van der Waals surface area contributed by atoms with Gasteiger partial charge in [0.1, 0.15) is 11.5 Å². The predicted octanol–water partition coefficient (Wildman–Crippen LogP) is 3.43. The molecule has 0 saturated heterocycles. The lowest BCUT2D eigenvalue weighted by atomic mass is 10.1. The lowest BCUT2D eigenvalue weighted by molar-refractivity contribution is -0.122. The Morgan fingerprint density at radius 1 is 0.742 bits per heavy atom. The number of hydrazone groups is 2. The van der Waals surface area contributed by atoms with Gasteiger partial charge in [-0.1, -0.05) is 38.1 Å². The van der Waals surface area contributed by atoms with Crippen LogP contribution in [0.15, 0.2) is 58.7 Å². The topological polar surface area (TPSA) is 123 Å². The molecule has 0 aromatic heterocycles. The molecule has 2 amide bonds. The smallest absolute Gasteiger partial charge is 0.240 e. The van der Waals surface area contributed by atoms with Crippen LogP contribution in [0.2, 0.25) is 0 Å². The van der Waals surface area contributed by atoms with E-state index in [9.17, 15) is 19.8 Å². The van der Waals surface area contributed by atoms with Crippen molar-refractivity contribution >= 4 is 23.2 Å². The molecule has 2 aromatic carbocycles. The molecule has 4 N–H and O–H groups in total. The lowest BCUT2D eigenvalue weighted by Crippen LogP contribution is -2.22. The van der Waals surface area contributed by atoms with Crippen LogP contribution >= 0.6 is 0 Å². The molecular formula is C23H28N4O4. The molecule has 8 nitrogen and oxygen atoms in total. The Balaban J connectivity index is 1.82. The number of aromatic hydroxyl groups is 2. The fourth-order valence-corrected chi connectivity index (χ4v) is 2.88. The first kappa shape index (κ1) is 23.6. The molecule has 0 aliphatic carbocycles. The van der Waals surface area contributed by atoms with E-state index in [4.69, 9.17) is 0 Å². The molecule has 0 atom stereocenters. The summed E-state index contributed by atoms with van der Waals surface area (Å²) in [5.41, 5.74) is 7.21. The van der Waals surface area contributed by atoms with Gasteiger partial charge in [-0.3, -0.25) is 9.59 Å². The van der Waals surface area contributed by atoms with Crippen LogP contribution in [-0.2, 0) is 9.59 Å². The van der Waals surface area contributed by atoms with E-state index >= 15 is 0 Å². The van der Waals surface area contributed by atoms with Crippen LogP contribution < -0.4 is 10.9 Å². The van der Waals surface area contributed by atoms with Crippen molar-refractivity contribution in [3.05, 3.63) is 59.7 Å². The van der Waals surface area contributed by atoms with Crippen LogP contribution in [0.4, 0.5) is 0 Å². The Labute approximate surface area is 181 Å². The highest BCUT2D eigenvalue weighted by Crippen LogP contribution is 2.18. The second-order valence-electron chi connectivity index (χ2n) is 6.78. The summed E-state index contributed by atoms with van der Waals surface area (Å²) < 4.78 is 0. The summed E-state index contributed by atoms with van der Waals surface area (Å²) in [4.78, 5) is 24.1. The van der Waals surface area contributed by atoms with Gasteiger partial charge < -0.3 is 10.2 Å². The summed E-state index contributed by atoms with van der Waals surface area (Å²) in [6, 6.07) is 13.6. The Kier molecular flexibility index (Phi) is 9.22. The van der Waals surface area contributed by atoms with E-state index in [0.29, 0.717) is 41.8 Å². The molecule has 2 rings (SSSR count). The summed E-state index contributed by atoms with van der Waals surface area (Å²) in [6.07, 6.45) is 1.65. The number of carbonyl (C=O) groups excluding carboxylic acids is 2. The van der Waals surface area contributed by atoms with Gasteiger partial charge >= 0.3 is 0 Å². The standard InChI is InChI=1S/C23H28N4O4/c1-3-18(16-10-5-7-12-20(16)28)24-26-22(30)14-9-15-23(31)27-25-19(4-2)17-11-6-8-13-21(17)29/h5-8,10-13,28-29H,3-4,9,14-15H2,1-2H3,(H,26,30)(H,27,31)/b24-18-,25-19-. The van der Waals surface area contributed by atoms with Gasteiger partial charge in [-0.15, -0.1) is 0 Å². The van der Waals surface area contributed by atoms with Crippen LogP contribution in [0.25, 0.3) is 0 Å². The van der Waals surface area contributed by atoms with Crippen LogP contribution in [0.3, 0.4) is 0 Å². The van der Waals surface area contributed by atoms with Gasteiger partial charge in [0.25, 0.3) is 0 Å². The number of phenolic OH excluding ortho intramolecular Hbond substituents is 2. The van der Waals surface area contributed by atoms with Gasteiger partial charge in [-0.2, -0.15) is 10.2 Å². The van der Waals surface area contributed by atoms with Gasteiger partial charge in [0.05, 0.1) is 11.4 Å². The number of hydrogen-bond donors (Lipinski definition) is 4. The van der Waals surface area contributed by atoms with Crippen LogP contribution in [-0.4, -0.2) is 33.5 Å². The number of nitrogens with zero attached hydrogens (tertiary/aromatic N) is 2. The third kappa shape index (κ3) is 7.26. The van der Waals surface area contributed by atoms with E-state index in [1.54, 1.807) is 48.5 Å². The zero-order valence-corrected chi connectivity index (χ0v) is 17.8. The third-order valence-corrected chi connectivity index (χ3v) is 4.54. The lowest BCUT2D eigenvalue weighted by Gasteiger charge is -2.08. The van der Waals surface area contributed by atoms with E-state index in [1.807, 2.05) is 13.8 Å². The number of carbonyl (C=O) groups is 2. The maximum Gasteiger partial charge on any atom is 0.240 e. The van der Waals surface area contributed by atoms with Crippen molar-refractivity contribution in [3.8, 4) is 11.5 Å². The van der Waals surface area contributed by atoms with E-state index in [2.05, 4.69) is 21.1 Å². The van der Waals surface area contributed by atoms with E-state index in [-0.39, 0.29) is 36.2 Å². The number of phenols is 2. The number of para-hydroxylation sites is 2. The fourth-order valence-electron chi connectivity index (χ4n) is 2.88. The number of nitrogens with one attached hydrogen (secondary N) is 2. The van der Waals surface area contributed by atoms with Crippen molar-refractivity contribution in [2.45, 2.75) is 46.0 Å². The van der Waals surface area contributed by atoms with Crippen molar-refractivity contribution in [2.24, 2.45) is 10.2 Å². The number of hydrogen-bond acceptors (Lipinski definition) is 6. The second-order valence-corrected chi connectivity index (χ2v) is 6.78. The maximum absolute atomic E-state index is 12.0.